The summed E-state index contributed by atoms with van der Waals surface area (Å²) in [7, 11) is 0. The zero-order valence-corrected chi connectivity index (χ0v) is 19.3. The molecule has 0 saturated heterocycles. The van der Waals surface area contributed by atoms with Gasteiger partial charge in [0.2, 0.25) is 0 Å². The second-order valence-electron chi connectivity index (χ2n) is 8.17. The van der Waals surface area contributed by atoms with Crippen LogP contribution in [0.2, 0.25) is 0 Å². The monoisotopic (exact) mass is 448 g/mol. The molecule has 34 heavy (non-hydrogen) atoms. The van der Waals surface area contributed by atoms with Crippen molar-refractivity contribution in [2.24, 2.45) is 9.98 Å². The van der Waals surface area contributed by atoms with Gasteiger partial charge in [0.1, 0.15) is 23.6 Å². The van der Waals surface area contributed by atoms with Gasteiger partial charge in [-0.1, -0.05) is 84.9 Å². The van der Waals surface area contributed by atoms with E-state index in [9.17, 15) is 10.2 Å². The van der Waals surface area contributed by atoms with E-state index in [2.05, 4.69) is 0 Å². The van der Waals surface area contributed by atoms with Crippen LogP contribution in [0, 0.1) is 0 Å². The zero-order chi connectivity index (χ0) is 23.9. The maximum absolute atomic E-state index is 10.4. The summed E-state index contributed by atoms with van der Waals surface area (Å²) < 4.78 is 0. The summed E-state index contributed by atoms with van der Waals surface area (Å²) in [6.45, 7) is 3.82. The van der Waals surface area contributed by atoms with Crippen molar-refractivity contribution < 1.29 is 10.2 Å². The Labute approximate surface area is 200 Å². The Hall–Kier alpha value is -4.18. The topological polar surface area (TPSA) is 65.2 Å². The van der Waals surface area contributed by atoms with Crippen molar-refractivity contribution in [1.29, 1.82) is 0 Å². The number of para-hydroxylation sites is 2. The number of hydrogen-bond donors (Lipinski definition) is 2. The van der Waals surface area contributed by atoms with Crippen LogP contribution in [0.3, 0.4) is 0 Å². The van der Waals surface area contributed by atoms with E-state index in [0.29, 0.717) is 11.1 Å². The highest BCUT2D eigenvalue weighted by molar-refractivity contribution is 6.02. The lowest BCUT2D eigenvalue weighted by Gasteiger charge is -2.24. The first kappa shape index (κ1) is 23.0. The fourth-order valence-electron chi connectivity index (χ4n) is 4.07. The largest absolute Gasteiger partial charge is 0.507 e. The number of hydrogen-bond acceptors (Lipinski definition) is 4. The van der Waals surface area contributed by atoms with Crippen LogP contribution in [0.25, 0.3) is 0 Å². The van der Waals surface area contributed by atoms with E-state index in [1.807, 2.05) is 98.8 Å². The van der Waals surface area contributed by atoms with Gasteiger partial charge in [0.15, 0.2) is 0 Å². The smallest absolute Gasteiger partial charge is 0.124 e. The molecule has 0 aliphatic carbocycles. The van der Waals surface area contributed by atoms with Crippen LogP contribution in [0.1, 0.15) is 48.2 Å². The molecule has 0 saturated carbocycles. The van der Waals surface area contributed by atoms with E-state index < -0.39 is 0 Å². The van der Waals surface area contributed by atoms with Crippen molar-refractivity contribution >= 4 is 11.4 Å². The minimum absolute atomic E-state index is 0.195. The molecule has 4 aromatic rings. The fourth-order valence-corrected chi connectivity index (χ4v) is 4.07. The highest BCUT2D eigenvalue weighted by Crippen LogP contribution is 2.37. The molecule has 0 unspecified atom stereocenters. The summed E-state index contributed by atoms with van der Waals surface area (Å²) >= 11 is 0. The van der Waals surface area contributed by atoms with Gasteiger partial charge in [-0.05, 0) is 49.2 Å². The average Bonchev–Trinajstić information content (AvgIpc) is 2.87. The van der Waals surface area contributed by atoms with Crippen molar-refractivity contribution in [3.8, 4) is 11.5 Å². The standard InChI is InChI=1S/C30H28N2O2/c1-21(25-17-9-11-19-27(25)33)31-29(23-13-5-3-6-14-23)30(24-15-7-4-8-16-24)32-22(2)26-18-10-12-20-28(26)34/h3-20,29-30,33-34H,1-2H3/t29-,30-/m1/s1. The third kappa shape index (κ3) is 5.24. The molecule has 170 valence electrons. The third-order valence-electron chi connectivity index (χ3n) is 5.83. The van der Waals surface area contributed by atoms with Gasteiger partial charge in [0.05, 0.1) is 0 Å². The average molecular weight is 449 g/mol. The second-order valence-corrected chi connectivity index (χ2v) is 8.17. The Morgan fingerprint density at radius 2 is 0.824 bits per heavy atom. The zero-order valence-electron chi connectivity index (χ0n) is 19.3. The van der Waals surface area contributed by atoms with Gasteiger partial charge >= 0.3 is 0 Å². The molecule has 0 heterocycles. The Morgan fingerprint density at radius 1 is 0.500 bits per heavy atom. The molecule has 4 aromatic carbocycles. The van der Waals surface area contributed by atoms with Crippen LogP contribution in [0.5, 0.6) is 11.5 Å². The molecule has 0 aliphatic rings. The van der Waals surface area contributed by atoms with Gasteiger partial charge in [-0.2, -0.15) is 0 Å². The fraction of sp³-hybridized carbons (Fsp3) is 0.133. The lowest BCUT2D eigenvalue weighted by atomic mass is 9.93. The van der Waals surface area contributed by atoms with E-state index in [0.717, 1.165) is 22.6 Å². The first-order valence-corrected chi connectivity index (χ1v) is 11.3. The molecule has 2 N–H and O–H groups in total. The van der Waals surface area contributed by atoms with E-state index in [1.165, 1.54) is 0 Å². The molecule has 0 aliphatic heterocycles. The predicted molar refractivity (Wildman–Crippen MR) is 139 cm³/mol. The number of aliphatic imine (C=N–C) groups is 2. The maximum atomic E-state index is 10.4. The van der Waals surface area contributed by atoms with Crippen LogP contribution in [-0.4, -0.2) is 21.6 Å². The van der Waals surface area contributed by atoms with Gasteiger partial charge in [0.25, 0.3) is 0 Å². The highest BCUT2D eigenvalue weighted by Gasteiger charge is 2.25. The van der Waals surface area contributed by atoms with E-state index in [-0.39, 0.29) is 23.6 Å². The van der Waals surface area contributed by atoms with Crippen LogP contribution in [-0.2, 0) is 0 Å². The maximum Gasteiger partial charge on any atom is 0.124 e. The Bertz CT molecular complexity index is 1190. The van der Waals surface area contributed by atoms with Gasteiger partial charge in [-0.3, -0.25) is 9.98 Å². The molecule has 4 nitrogen and oxygen atoms in total. The van der Waals surface area contributed by atoms with E-state index in [4.69, 9.17) is 9.98 Å². The SMILES string of the molecule is CC(=N[C@H](c1ccccc1)[C@H](N=C(C)c1ccccc1O)c1ccccc1)c1ccccc1O. The van der Waals surface area contributed by atoms with E-state index in [1.54, 1.807) is 24.3 Å². The molecule has 0 bridgehead atoms. The van der Waals surface area contributed by atoms with Crippen molar-refractivity contribution in [2.75, 3.05) is 0 Å². The van der Waals surface area contributed by atoms with Crippen molar-refractivity contribution in [3.05, 3.63) is 131 Å². The molecular weight excluding hydrogens is 420 g/mol. The number of nitrogens with zero attached hydrogens (tertiary/aromatic N) is 2. The Balaban J connectivity index is 1.89. The summed E-state index contributed by atoms with van der Waals surface area (Å²) in [5, 5.41) is 20.8. The van der Waals surface area contributed by atoms with Crippen LogP contribution in [0.4, 0.5) is 0 Å². The van der Waals surface area contributed by atoms with Gasteiger partial charge < -0.3 is 10.2 Å². The lowest BCUT2D eigenvalue weighted by molar-refractivity contribution is 0.473. The van der Waals surface area contributed by atoms with E-state index >= 15 is 0 Å². The second kappa shape index (κ2) is 10.6. The quantitative estimate of drug-likeness (QED) is 0.302. The summed E-state index contributed by atoms with van der Waals surface area (Å²) in [4.78, 5) is 10.2. The third-order valence-corrected chi connectivity index (χ3v) is 5.83. The van der Waals surface area contributed by atoms with Gasteiger partial charge in [-0.25, -0.2) is 0 Å². The molecule has 0 spiro atoms. The van der Waals surface area contributed by atoms with Crippen LogP contribution >= 0.6 is 0 Å². The number of benzene rings is 4. The molecule has 0 radical (unpaired) electrons. The predicted octanol–water partition coefficient (Wildman–Crippen LogP) is 6.90. The minimum Gasteiger partial charge on any atom is -0.507 e. The summed E-state index contributed by atoms with van der Waals surface area (Å²) in [5.74, 6) is 0.390. The molecule has 0 fully saturated rings. The van der Waals surface area contributed by atoms with Gasteiger partial charge in [0, 0.05) is 22.6 Å². The summed E-state index contributed by atoms with van der Waals surface area (Å²) in [6.07, 6.45) is 0. The Kier molecular flexibility index (Phi) is 7.19. The van der Waals surface area contributed by atoms with Crippen LogP contribution < -0.4 is 0 Å². The van der Waals surface area contributed by atoms with Gasteiger partial charge in [-0.15, -0.1) is 0 Å². The minimum atomic E-state index is -0.344. The molecular formula is C30H28N2O2. The molecule has 4 rings (SSSR count). The van der Waals surface area contributed by atoms with Crippen molar-refractivity contribution in [2.45, 2.75) is 25.9 Å². The molecule has 0 aromatic heterocycles. The number of aromatic hydroxyl groups is 2. The van der Waals surface area contributed by atoms with Crippen molar-refractivity contribution in [3.63, 3.8) is 0 Å². The summed E-state index contributed by atoms with van der Waals surface area (Å²) in [5.41, 5.74) is 4.86. The molecule has 2 atom stereocenters. The summed E-state index contributed by atoms with van der Waals surface area (Å²) in [6, 6.07) is 33.9. The number of phenols is 2. The molecule has 0 amide bonds. The lowest BCUT2D eigenvalue weighted by Crippen LogP contribution is -2.13. The highest BCUT2D eigenvalue weighted by atomic mass is 16.3. The Morgan fingerprint density at radius 3 is 1.18 bits per heavy atom. The number of phenolic OH excluding ortho intramolecular Hbond substituents is 2. The van der Waals surface area contributed by atoms with Crippen molar-refractivity contribution in [1.82, 2.24) is 0 Å². The first-order valence-electron chi connectivity index (χ1n) is 11.3. The first-order chi connectivity index (χ1) is 16.5. The molecule has 4 heteroatoms. The number of rotatable bonds is 7. The normalized spacial score (nSPS) is 13.9. The van der Waals surface area contributed by atoms with Crippen LogP contribution in [0.15, 0.2) is 119 Å².